The van der Waals surface area contributed by atoms with Crippen molar-refractivity contribution in [1.82, 2.24) is 10.6 Å². The average Bonchev–Trinajstić information content (AvgIpc) is 3.99. The van der Waals surface area contributed by atoms with Gasteiger partial charge in [0.1, 0.15) is 11.8 Å². The molecule has 7 rings (SSSR count). The lowest BCUT2D eigenvalue weighted by Crippen LogP contribution is -2.65. The number of aliphatic hydroxyl groups is 1. The summed E-state index contributed by atoms with van der Waals surface area (Å²) in [5, 5.41) is 16.4. The number of hydrogen-bond acceptors (Lipinski definition) is 11. The molecule has 0 radical (unpaired) electrons. The van der Waals surface area contributed by atoms with Gasteiger partial charge in [0.2, 0.25) is 11.8 Å². The number of nitrogens with two attached hydrogens (primary N) is 1. The highest BCUT2D eigenvalue weighted by molar-refractivity contribution is 6.47. The van der Waals surface area contributed by atoms with Gasteiger partial charge in [-0.25, -0.2) is 0 Å². The van der Waals surface area contributed by atoms with Crippen LogP contribution < -0.4 is 16.4 Å². The van der Waals surface area contributed by atoms with E-state index in [4.69, 9.17) is 15.0 Å². The molecule has 5 N–H and O–H groups in total. The van der Waals surface area contributed by atoms with Crippen LogP contribution in [0.4, 0.5) is 0 Å². The molecule has 2 unspecified atom stereocenters. The number of hydrogen-bond donors (Lipinski definition) is 4. The van der Waals surface area contributed by atoms with Crippen molar-refractivity contribution in [3.63, 3.8) is 0 Å². The summed E-state index contributed by atoms with van der Waals surface area (Å²) in [6, 6.07) is 13.7. The normalized spacial score (nSPS) is 23.5. The van der Waals surface area contributed by atoms with Gasteiger partial charge in [0, 0.05) is 74.3 Å². The molecule has 3 saturated carbocycles. The molecule has 13 nitrogen and oxygen atoms in total. The Hall–Kier alpha value is -4.63. The minimum atomic E-state index is -1.34. The van der Waals surface area contributed by atoms with Crippen LogP contribution in [0.15, 0.2) is 65.3 Å². The maximum Gasteiger partial charge on any atom is 0.461 e. The van der Waals surface area contributed by atoms with Gasteiger partial charge in [-0.2, -0.15) is 0 Å². The molecule has 4 fully saturated rings. The molecule has 3 aliphatic carbocycles. The highest BCUT2D eigenvalue weighted by atomic mass is 16.7. The molecule has 2 aliphatic heterocycles. The standard InChI is InChI=1S/C56H79BN4O9/c1-8-9-14-38-19-21-39(22-20-38)40-23-25-41(26-24-40)47(64)18-12-17-45(63)31-42(15-10-11-27-58)54(68)61-52(37(4)62)49(66)29-35(2)53(67)60-46(34-44-16-13-28-59-44)48(65)30-36(3)57-69-51-33-43-32-50(55(43,5)6)56(51,7)70-57/h16,19-26,28,35-37,42-43,46,50-52,62H,8-15,17-18,27,29-34,58H2,1-7H3,(H,60,67)(H,61,68)/t35-,36-,37?,42-,43+,46+,50+,51?,52+,56+/m1/s1. The van der Waals surface area contributed by atoms with Crippen molar-refractivity contribution in [1.29, 1.82) is 0 Å². The highest BCUT2D eigenvalue weighted by Gasteiger charge is 2.68. The number of nitrogens with zero attached hydrogens (tertiary/aromatic N) is 1. The Labute approximate surface area is 416 Å². The van der Waals surface area contributed by atoms with E-state index in [2.05, 4.69) is 67.6 Å². The van der Waals surface area contributed by atoms with E-state index in [9.17, 15) is 33.9 Å². The number of allylic oxidation sites excluding steroid dienone is 1. The van der Waals surface area contributed by atoms with Gasteiger partial charge in [0.25, 0.3) is 0 Å². The van der Waals surface area contributed by atoms with Crippen LogP contribution >= 0.6 is 0 Å². The zero-order chi connectivity index (χ0) is 50.8. The van der Waals surface area contributed by atoms with Crippen molar-refractivity contribution in [2.24, 2.45) is 39.8 Å². The molecule has 10 atom stereocenters. The maximum absolute atomic E-state index is 14.0. The minimum Gasteiger partial charge on any atom is -0.405 e. The molecule has 380 valence electrons. The smallest absolute Gasteiger partial charge is 0.405 e. The summed E-state index contributed by atoms with van der Waals surface area (Å²) in [5.41, 5.74) is 10.2. The Morgan fingerprint density at radius 2 is 1.54 bits per heavy atom. The predicted molar refractivity (Wildman–Crippen MR) is 274 cm³/mol. The fourth-order valence-electron chi connectivity index (χ4n) is 11.2. The van der Waals surface area contributed by atoms with Crippen LogP contribution in [0.5, 0.6) is 0 Å². The third kappa shape index (κ3) is 13.7. The first-order chi connectivity index (χ1) is 33.3. The number of carbonyl (C=O) groups is 6. The number of unbranched alkanes of at least 4 members (excludes halogenated alkanes) is 2. The summed E-state index contributed by atoms with van der Waals surface area (Å²) >= 11 is 0. The number of aryl methyl sites for hydroxylation is 1. The first-order valence-corrected chi connectivity index (χ1v) is 26.2. The number of benzene rings is 2. The maximum atomic E-state index is 14.0. The Balaban J connectivity index is 0.991. The lowest BCUT2D eigenvalue weighted by atomic mass is 9.43. The number of Topliss-reactive ketones (excluding diaryl/α,β-unsaturated/α-hetero) is 4. The topological polar surface area (TPSA) is 204 Å². The zero-order valence-corrected chi connectivity index (χ0v) is 42.8. The molecule has 2 bridgehead atoms. The summed E-state index contributed by atoms with van der Waals surface area (Å²) in [7, 11) is -0.550. The molecule has 0 aromatic heterocycles. The minimum absolute atomic E-state index is 0.0214. The first kappa shape index (κ1) is 54.7. The quantitative estimate of drug-likeness (QED) is 0.0348. The number of aliphatic hydroxyl groups excluding tert-OH is 1. The largest absolute Gasteiger partial charge is 0.461 e. The van der Waals surface area contributed by atoms with Crippen LogP contribution in [-0.2, 0) is 39.7 Å². The Morgan fingerprint density at radius 1 is 0.843 bits per heavy atom. The lowest BCUT2D eigenvalue weighted by Gasteiger charge is -2.64. The van der Waals surface area contributed by atoms with Crippen molar-refractivity contribution in [3.05, 3.63) is 71.4 Å². The molecule has 0 spiro atoms. The zero-order valence-electron chi connectivity index (χ0n) is 42.8. The van der Waals surface area contributed by atoms with Crippen LogP contribution in [-0.4, -0.2) is 89.8 Å². The molecular formula is C56H79BN4O9. The van der Waals surface area contributed by atoms with Crippen molar-refractivity contribution in [3.8, 4) is 11.1 Å². The van der Waals surface area contributed by atoms with E-state index in [0.29, 0.717) is 61.7 Å². The fourth-order valence-corrected chi connectivity index (χ4v) is 11.2. The second-order valence-corrected chi connectivity index (χ2v) is 21.7. The van der Waals surface area contributed by atoms with E-state index < -0.39 is 60.3 Å². The molecule has 14 heteroatoms. The molecule has 2 heterocycles. The number of carbonyl (C=O) groups excluding carboxylic acids is 6. The van der Waals surface area contributed by atoms with Crippen LogP contribution in [0, 0.1) is 29.1 Å². The first-order valence-electron chi connectivity index (χ1n) is 26.2. The van der Waals surface area contributed by atoms with Crippen molar-refractivity contribution in [2.45, 2.75) is 187 Å². The van der Waals surface area contributed by atoms with E-state index in [1.54, 1.807) is 13.1 Å². The number of ketones is 4. The summed E-state index contributed by atoms with van der Waals surface area (Å²) in [4.78, 5) is 86.2. The lowest BCUT2D eigenvalue weighted by molar-refractivity contribution is -0.199. The van der Waals surface area contributed by atoms with Gasteiger partial charge in [-0.1, -0.05) is 102 Å². The van der Waals surface area contributed by atoms with Crippen molar-refractivity contribution < 1.29 is 43.2 Å². The van der Waals surface area contributed by atoms with Crippen LogP contribution in [0.3, 0.4) is 0 Å². The van der Waals surface area contributed by atoms with E-state index in [1.165, 1.54) is 12.5 Å². The highest BCUT2D eigenvalue weighted by Crippen LogP contribution is 2.66. The molecule has 2 aromatic rings. The molecule has 1 saturated heterocycles. The number of nitrogens with one attached hydrogen (secondary N) is 2. The molecule has 2 aromatic carbocycles. The van der Waals surface area contributed by atoms with E-state index >= 15 is 0 Å². The Kier molecular flexibility index (Phi) is 19.3. The fraction of sp³-hybridized carbons (Fsp3) is 0.625. The SMILES string of the molecule is CCCCc1ccc(-c2ccc(C(=O)CCCC(=O)C[C@@H](CCCCN)C(=O)N[C@H](C(=O)C[C@@H](C)C(=O)N[C@@H](CC3=CCC=N3)C(=O)C[C@@H](C)B3OC4C[C@@H]5C[C@@H](C5(C)C)[C@]4(C)O3)C(C)O)cc2)cc1. The van der Waals surface area contributed by atoms with E-state index in [1.807, 2.05) is 37.3 Å². The molecule has 5 aliphatic rings. The second kappa shape index (κ2) is 24.7. The Bertz CT molecular complexity index is 2220. The van der Waals surface area contributed by atoms with Crippen molar-refractivity contribution >= 4 is 48.3 Å². The van der Waals surface area contributed by atoms with Gasteiger partial charge in [-0.15, -0.1) is 0 Å². The van der Waals surface area contributed by atoms with Gasteiger partial charge in [-0.3, -0.25) is 33.8 Å². The molecule has 70 heavy (non-hydrogen) atoms. The molecular weight excluding hydrogens is 883 g/mol. The summed E-state index contributed by atoms with van der Waals surface area (Å²) in [6.45, 7) is 14.2. The third-order valence-electron chi connectivity index (χ3n) is 15.9. The van der Waals surface area contributed by atoms with Crippen molar-refractivity contribution in [2.75, 3.05) is 6.54 Å². The summed E-state index contributed by atoms with van der Waals surface area (Å²) < 4.78 is 13.1. The van der Waals surface area contributed by atoms with Crippen LogP contribution in [0.1, 0.15) is 161 Å². The third-order valence-corrected chi connectivity index (χ3v) is 15.9. The van der Waals surface area contributed by atoms with E-state index in [-0.39, 0.29) is 73.2 Å². The van der Waals surface area contributed by atoms with E-state index in [0.717, 1.165) is 43.2 Å². The van der Waals surface area contributed by atoms with Gasteiger partial charge >= 0.3 is 7.12 Å². The second-order valence-electron chi connectivity index (χ2n) is 21.7. The molecule has 2 amide bonds. The number of aliphatic imine (C=N–C) groups is 1. The van der Waals surface area contributed by atoms with Crippen LogP contribution in [0.25, 0.3) is 11.1 Å². The van der Waals surface area contributed by atoms with Gasteiger partial charge in [0.15, 0.2) is 17.3 Å². The van der Waals surface area contributed by atoms with Crippen LogP contribution in [0.2, 0.25) is 5.82 Å². The predicted octanol–water partition coefficient (Wildman–Crippen LogP) is 8.53. The average molecular weight is 963 g/mol. The number of rotatable bonds is 29. The van der Waals surface area contributed by atoms with Gasteiger partial charge in [0.05, 0.1) is 23.9 Å². The summed E-state index contributed by atoms with van der Waals surface area (Å²) in [6.07, 6.45) is 10.4. The number of amides is 2. The summed E-state index contributed by atoms with van der Waals surface area (Å²) in [5.74, 6) is -3.07. The Morgan fingerprint density at radius 3 is 2.17 bits per heavy atom. The van der Waals surface area contributed by atoms with Gasteiger partial charge < -0.3 is 30.8 Å². The van der Waals surface area contributed by atoms with Gasteiger partial charge in [-0.05, 0) is 105 Å². The monoisotopic (exact) mass is 963 g/mol.